The molecule has 0 bridgehead atoms. The Morgan fingerprint density at radius 2 is 1.36 bits per heavy atom. The molecule has 0 N–H and O–H groups in total. The summed E-state index contributed by atoms with van der Waals surface area (Å²) in [5.74, 6) is 0.777. The molecule has 2 aromatic rings. The summed E-state index contributed by atoms with van der Waals surface area (Å²) in [6.07, 6.45) is -1.15. The van der Waals surface area contributed by atoms with Gasteiger partial charge in [-0.3, -0.25) is 4.79 Å². The first-order valence-corrected chi connectivity index (χ1v) is 8.18. The van der Waals surface area contributed by atoms with Crippen molar-refractivity contribution in [3.05, 3.63) is 59.7 Å². The quantitative estimate of drug-likeness (QED) is 0.769. The van der Waals surface area contributed by atoms with E-state index in [2.05, 4.69) is 0 Å². The summed E-state index contributed by atoms with van der Waals surface area (Å²) in [5, 5.41) is 0. The van der Waals surface area contributed by atoms with Crippen molar-refractivity contribution in [2.45, 2.75) is 25.4 Å². The molecule has 1 amide bonds. The molecular formula is C19H18F3NO2. The van der Waals surface area contributed by atoms with Crippen molar-refractivity contribution in [1.82, 2.24) is 4.90 Å². The lowest BCUT2D eigenvalue weighted by Crippen LogP contribution is -2.35. The van der Waals surface area contributed by atoms with Gasteiger partial charge in [0.1, 0.15) is 11.5 Å². The number of hydrogen-bond donors (Lipinski definition) is 0. The molecule has 2 aromatic carbocycles. The Morgan fingerprint density at radius 3 is 1.88 bits per heavy atom. The molecule has 1 heterocycles. The van der Waals surface area contributed by atoms with Crippen LogP contribution >= 0.6 is 0 Å². The van der Waals surface area contributed by atoms with Crippen molar-refractivity contribution in [3.8, 4) is 11.5 Å². The molecule has 1 fully saturated rings. The third kappa shape index (κ3) is 4.32. The number of hydrogen-bond acceptors (Lipinski definition) is 2. The highest BCUT2D eigenvalue weighted by molar-refractivity contribution is 5.94. The molecular weight excluding hydrogens is 331 g/mol. The van der Waals surface area contributed by atoms with Crippen LogP contribution in [-0.2, 0) is 6.18 Å². The zero-order valence-electron chi connectivity index (χ0n) is 13.6. The first-order valence-electron chi connectivity index (χ1n) is 8.18. The number of amides is 1. The molecule has 0 atom stereocenters. The minimum absolute atomic E-state index is 0.000722. The average molecular weight is 349 g/mol. The van der Waals surface area contributed by atoms with Crippen molar-refractivity contribution >= 4 is 5.91 Å². The number of rotatable bonds is 3. The second-order valence-corrected chi connectivity index (χ2v) is 6.00. The van der Waals surface area contributed by atoms with Crippen molar-refractivity contribution in [2.24, 2.45) is 0 Å². The van der Waals surface area contributed by atoms with E-state index >= 15 is 0 Å². The predicted octanol–water partition coefficient (Wildman–Crippen LogP) is 5.12. The molecule has 1 aliphatic rings. The Kier molecular flexibility index (Phi) is 4.97. The molecule has 3 rings (SSSR count). The average Bonchev–Trinajstić information content (AvgIpc) is 2.62. The maximum absolute atomic E-state index is 12.5. The highest BCUT2D eigenvalue weighted by Crippen LogP contribution is 2.31. The summed E-state index contributed by atoms with van der Waals surface area (Å²) in [6.45, 7) is 1.56. The highest BCUT2D eigenvalue weighted by Gasteiger charge is 2.30. The van der Waals surface area contributed by atoms with Gasteiger partial charge >= 0.3 is 6.18 Å². The van der Waals surface area contributed by atoms with Gasteiger partial charge in [0.25, 0.3) is 5.91 Å². The topological polar surface area (TPSA) is 29.5 Å². The van der Waals surface area contributed by atoms with Crippen LogP contribution in [0.2, 0.25) is 0 Å². The van der Waals surface area contributed by atoms with E-state index in [1.807, 2.05) is 4.90 Å². The monoisotopic (exact) mass is 349 g/mol. The Labute approximate surface area is 144 Å². The number of carbonyl (C=O) groups excluding carboxylic acids is 1. The highest BCUT2D eigenvalue weighted by atomic mass is 19.4. The van der Waals surface area contributed by atoms with Gasteiger partial charge < -0.3 is 9.64 Å². The Balaban J connectivity index is 1.65. The van der Waals surface area contributed by atoms with Gasteiger partial charge in [0.2, 0.25) is 0 Å². The SMILES string of the molecule is O=C(c1ccc(Oc2ccc(C(F)(F)F)cc2)cc1)N1CCCCC1. The Morgan fingerprint density at radius 1 is 0.840 bits per heavy atom. The number of likely N-dealkylation sites (tertiary alicyclic amines) is 1. The van der Waals surface area contributed by atoms with Gasteiger partial charge in [-0.15, -0.1) is 0 Å². The zero-order chi connectivity index (χ0) is 17.9. The van der Waals surface area contributed by atoms with Crippen LogP contribution in [0.15, 0.2) is 48.5 Å². The molecule has 0 aliphatic carbocycles. The Hall–Kier alpha value is -2.50. The van der Waals surface area contributed by atoms with E-state index in [1.165, 1.54) is 12.1 Å². The lowest BCUT2D eigenvalue weighted by atomic mass is 10.1. The molecule has 0 aromatic heterocycles. The zero-order valence-corrected chi connectivity index (χ0v) is 13.6. The fraction of sp³-hybridized carbons (Fsp3) is 0.316. The van der Waals surface area contributed by atoms with E-state index in [1.54, 1.807) is 24.3 Å². The molecule has 1 saturated heterocycles. The van der Waals surface area contributed by atoms with Crippen LogP contribution in [0.4, 0.5) is 13.2 Å². The van der Waals surface area contributed by atoms with E-state index < -0.39 is 11.7 Å². The summed E-state index contributed by atoms with van der Waals surface area (Å²) in [6, 6.07) is 11.1. The van der Waals surface area contributed by atoms with E-state index in [0.717, 1.165) is 44.5 Å². The van der Waals surface area contributed by atoms with Crippen LogP contribution in [0, 0.1) is 0 Å². The lowest BCUT2D eigenvalue weighted by Gasteiger charge is -2.26. The molecule has 0 radical (unpaired) electrons. The van der Waals surface area contributed by atoms with Crippen LogP contribution in [0.5, 0.6) is 11.5 Å². The van der Waals surface area contributed by atoms with Crippen molar-refractivity contribution in [3.63, 3.8) is 0 Å². The van der Waals surface area contributed by atoms with E-state index in [4.69, 9.17) is 4.74 Å². The van der Waals surface area contributed by atoms with Gasteiger partial charge in [-0.2, -0.15) is 13.2 Å². The predicted molar refractivity (Wildman–Crippen MR) is 87.7 cm³/mol. The molecule has 1 aliphatic heterocycles. The van der Waals surface area contributed by atoms with Crippen molar-refractivity contribution < 1.29 is 22.7 Å². The van der Waals surface area contributed by atoms with Gasteiger partial charge in [-0.1, -0.05) is 0 Å². The number of nitrogens with zero attached hydrogens (tertiary/aromatic N) is 1. The van der Waals surface area contributed by atoms with Crippen LogP contribution < -0.4 is 4.74 Å². The molecule has 0 saturated carbocycles. The van der Waals surface area contributed by atoms with E-state index in [0.29, 0.717) is 17.1 Å². The second kappa shape index (κ2) is 7.17. The van der Waals surface area contributed by atoms with Crippen LogP contribution in [0.3, 0.4) is 0 Å². The largest absolute Gasteiger partial charge is 0.457 e. The Bertz CT molecular complexity index is 718. The number of halogens is 3. The third-order valence-electron chi connectivity index (χ3n) is 4.16. The van der Waals surface area contributed by atoms with E-state index in [-0.39, 0.29) is 5.91 Å². The molecule has 25 heavy (non-hydrogen) atoms. The standard InChI is InChI=1S/C19H18F3NO2/c20-19(21,22)15-6-10-17(11-7-15)25-16-8-4-14(5-9-16)18(24)23-12-2-1-3-13-23/h4-11H,1-3,12-13H2. The minimum atomic E-state index is -4.37. The van der Waals surface area contributed by atoms with Crippen LogP contribution in [0.25, 0.3) is 0 Å². The first kappa shape index (κ1) is 17.3. The van der Waals surface area contributed by atoms with Gasteiger partial charge in [0, 0.05) is 18.7 Å². The summed E-state index contributed by atoms with van der Waals surface area (Å²) in [4.78, 5) is 14.2. The second-order valence-electron chi connectivity index (χ2n) is 6.00. The number of alkyl halides is 3. The first-order chi connectivity index (χ1) is 11.9. The summed E-state index contributed by atoms with van der Waals surface area (Å²) in [7, 11) is 0. The fourth-order valence-electron chi connectivity index (χ4n) is 2.79. The molecule has 6 heteroatoms. The smallest absolute Gasteiger partial charge is 0.416 e. The molecule has 0 unspecified atom stereocenters. The number of piperidine rings is 1. The van der Waals surface area contributed by atoms with Gasteiger partial charge in [0.15, 0.2) is 0 Å². The third-order valence-corrected chi connectivity index (χ3v) is 4.16. The fourth-order valence-corrected chi connectivity index (χ4v) is 2.79. The van der Waals surface area contributed by atoms with Crippen molar-refractivity contribution in [1.29, 1.82) is 0 Å². The molecule has 132 valence electrons. The number of ether oxygens (including phenoxy) is 1. The normalized spacial score (nSPS) is 15.1. The van der Waals surface area contributed by atoms with Gasteiger partial charge in [-0.25, -0.2) is 0 Å². The van der Waals surface area contributed by atoms with Crippen molar-refractivity contribution in [2.75, 3.05) is 13.1 Å². The van der Waals surface area contributed by atoms with Gasteiger partial charge in [0.05, 0.1) is 5.56 Å². The van der Waals surface area contributed by atoms with Crippen LogP contribution in [0.1, 0.15) is 35.2 Å². The van der Waals surface area contributed by atoms with E-state index in [9.17, 15) is 18.0 Å². The summed E-state index contributed by atoms with van der Waals surface area (Å²) >= 11 is 0. The summed E-state index contributed by atoms with van der Waals surface area (Å²) in [5.41, 5.74) is -0.135. The lowest BCUT2D eigenvalue weighted by molar-refractivity contribution is -0.137. The van der Waals surface area contributed by atoms with Crippen LogP contribution in [-0.4, -0.2) is 23.9 Å². The maximum atomic E-state index is 12.5. The molecule has 3 nitrogen and oxygen atoms in total. The number of benzene rings is 2. The molecule has 0 spiro atoms. The summed E-state index contributed by atoms with van der Waals surface area (Å²) < 4.78 is 43.2. The minimum Gasteiger partial charge on any atom is -0.457 e. The maximum Gasteiger partial charge on any atom is 0.416 e. The number of carbonyl (C=O) groups is 1. The van der Waals surface area contributed by atoms with Gasteiger partial charge in [-0.05, 0) is 67.8 Å².